The van der Waals surface area contributed by atoms with Crippen LogP contribution in [0.1, 0.15) is 11.7 Å². The Bertz CT molecular complexity index is 291. The topological polar surface area (TPSA) is 55.5 Å². The fraction of sp³-hybridized carbons (Fsp3) is 0.333. The lowest BCUT2D eigenvalue weighted by atomic mass is 10.1. The average Bonchev–Trinajstić information content (AvgIpc) is 2.17. The Labute approximate surface area is 75.9 Å². The maximum atomic E-state index is 13.1. The predicted octanol–water partition coefficient (Wildman–Crippen LogP) is 1.37. The highest BCUT2D eigenvalue weighted by molar-refractivity contribution is 5.46. The molecular weight excluding hydrogens is 173 g/mol. The normalized spacial score (nSPS) is 12.5. The molecule has 0 spiro atoms. The fourth-order valence-electron chi connectivity index (χ4n) is 1.08. The number of benzene rings is 1. The van der Waals surface area contributed by atoms with E-state index >= 15 is 0 Å². The number of nitrogens with two attached hydrogens (primary N) is 1. The first-order valence-electron chi connectivity index (χ1n) is 3.90. The number of ether oxygens (including phenoxy) is 1. The highest BCUT2D eigenvalue weighted by atomic mass is 19.1. The minimum Gasteiger partial charge on any atom is -0.504 e. The second kappa shape index (κ2) is 4.09. The Balaban J connectivity index is 3.08. The van der Waals surface area contributed by atoms with Crippen LogP contribution >= 0.6 is 0 Å². The molecule has 0 aliphatic rings. The second-order valence-electron chi connectivity index (χ2n) is 2.60. The van der Waals surface area contributed by atoms with Crippen LogP contribution in [0.3, 0.4) is 0 Å². The van der Waals surface area contributed by atoms with Crippen LogP contribution in [0.4, 0.5) is 4.39 Å². The lowest BCUT2D eigenvalue weighted by molar-refractivity contribution is 0.325. The number of para-hydroxylation sites is 1. The number of hydrogen-bond donors (Lipinski definition) is 2. The highest BCUT2D eigenvalue weighted by Crippen LogP contribution is 2.34. The molecule has 0 fully saturated rings. The number of hydrogen-bond acceptors (Lipinski definition) is 3. The fourth-order valence-corrected chi connectivity index (χ4v) is 1.08. The summed E-state index contributed by atoms with van der Waals surface area (Å²) in [5.41, 5.74) is 5.31. The van der Waals surface area contributed by atoms with E-state index in [1.165, 1.54) is 13.2 Å². The summed E-state index contributed by atoms with van der Waals surface area (Å²) in [7, 11) is 1.41. The van der Waals surface area contributed by atoms with Gasteiger partial charge in [0.2, 0.25) is 0 Å². The summed E-state index contributed by atoms with van der Waals surface area (Å²) in [5, 5.41) is 9.47. The van der Waals surface area contributed by atoms with Gasteiger partial charge in [0.1, 0.15) is 6.17 Å². The van der Waals surface area contributed by atoms with Crippen molar-refractivity contribution in [1.82, 2.24) is 0 Å². The number of rotatable bonds is 3. The number of alkyl halides is 1. The van der Waals surface area contributed by atoms with Gasteiger partial charge in [-0.1, -0.05) is 12.1 Å². The molecule has 0 saturated heterocycles. The second-order valence-corrected chi connectivity index (χ2v) is 2.60. The molecule has 0 amide bonds. The number of phenols is 1. The van der Waals surface area contributed by atoms with Crippen molar-refractivity contribution in [1.29, 1.82) is 0 Å². The van der Waals surface area contributed by atoms with Crippen LogP contribution in [-0.4, -0.2) is 18.8 Å². The highest BCUT2D eigenvalue weighted by Gasteiger charge is 2.15. The van der Waals surface area contributed by atoms with Crippen molar-refractivity contribution in [3.63, 3.8) is 0 Å². The standard InChI is InChI=1S/C9H12FNO2/c1-13-8-4-2-3-6(9(8)12)7(10)5-11/h2-4,7,12H,5,11H2,1H3. The van der Waals surface area contributed by atoms with Crippen LogP contribution in [0.5, 0.6) is 11.5 Å². The number of methoxy groups -OCH3 is 1. The van der Waals surface area contributed by atoms with Gasteiger partial charge in [0.25, 0.3) is 0 Å². The Kier molecular flexibility index (Phi) is 3.08. The van der Waals surface area contributed by atoms with Crippen molar-refractivity contribution in [2.45, 2.75) is 6.17 Å². The van der Waals surface area contributed by atoms with Gasteiger partial charge in [0.15, 0.2) is 11.5 Å². The molecule has 0 aromatic heterocycles. The molecule has 13 heavy (non-hydrogen) atoms. The van der Waals surface area contributed by atoms with E-state index in [0.29, 0.717) is 0 Å². The van der Waals surface area contributed by atoms with Crippen molar-refractivity contribution in [3.05, 3.63) is 23.8 Å². The third kappa shape index (κ3) is 1.89. The summed E-state index contributed by atoms with van der Waals surface area (Å²) in [6.07, 6.45) is -1.35. The number of aromatic hydroxyl groups is 1. The Morgan fingerprint density at radius 3 is 2.85 bits per heavy atom. The molecule has 3 nitrogen and oxygen atoms in total. The Morgan fingerprint density at radius 1 is 1.62 bits per heavy atom. The molecule has 1 unspecified atom stereocenters. The minimum atomic E-state index is -1.35. The summed E-state index contributed by atoms with van der Waals surface area (Å²) in [5.74, 6) is 0.0801. The minimum absolute atomic E-state index is 0.152. The van der Waals surface area contributed by atoms with Crippen molar-refractivity contribution in [3.8, 4) is 11.5 Å². The van der Waals surface area contributed by atoms with E-state index in [1.807, 2.05) is 0 Å². The quantitative estimate of drug-likeness (QED) is 0.747. The van der Waals surface area contributed by atoms with Crippen molar-refractivity contribution < 1.29 is 14.2 Å². The van der Waals surface area contributed by atoms with E-state index in [1.54, 1.807) is 12.1 Å². The van der Waals surface area contributed by atoms with Gasteiger partial charge in [-0.15, -0.1) is 0 Å². The lowest BCUT2D eigenvalue weighted by Crippen LogP contribution is -2.07. The van der Waals surface area contributed by atoms with Gasteiger partial charge < -0.3 is 15.6 Å². The van der Waals surface area contributed by atoms with Crippen molar-refractivity contribution >= 4 is 0 Å². The first-order valence-corrected chi connectivity index (χ1v) is 3.90. The zero-order valence-electron chi connectivity index (χ0n) is 7.33. The van der Waals surface area contributed by atoms with Crippen LogP contribution in [-0.2, 0) is 0 Å². The molecule has 1 atom stereocenters. The summed E-state index contributed by atoms with van der Waals surface area (Å²) < 4.78 is 17.9. The van der Waals surface area contributed by atoms with Crippen LogP contribution in [0.25, 0.3) is 0 Å². The molecule has 1 rings (SSSR count). The lowest BCUT2D eigenvalue weighted by Gasteiger charge is -2.10. The summed E-state index contributed by atoms with van der Waals surface area (Å²) >= 11 is 0. The van der Waals surface area contributed by atoms with E-state index < -0.39 is 6.17 Å². The molecule has 1 aromatic carbocycles. The van der Waals surface area contributed by atoms with E-state index in [9.17, 15) is 9.50 Å². The maximum Gasteiger partial charge on any atom is 0.163 e. The molecule has 72 valence electrons. The van der Waals surface area contributed by atoms with E-state index in [2.05, 4.69) is 0 Å². The van der Waals surface area contributed by atoms with E-state index in [4.69, 9.17) is 10.5 Å². The van der Waals surface area contributed by atoms with Gasteiger partial charge >= 0.3 is 0 Å². The number of phenolic OH excluding ortho intramolecular Hbond substituents is 1. The molecule has 0 heterocycles. The Morgan fingerprint density at radius 2 is 2.31 bits per heavy atom. The maximum absolute atomic E-state index is 13.1. The largest absolute Gasteiger partial charge is 0.504 e. The van der Waals surface area contributed by atoms with Crippen LogP contribution in [0.15, 0.2) is 18.2 Å². The molecular formula is C9H12FNO2. The summed E-state index contributed by atoms with van der Waals surface area (Å²) in [6, 6.07) is 4.65. The third-order valence-corrected chi connectivity index (χ3v) is 1.79. The van der Waals surface area contributed by atoms with Gasteiger partial charge in [-0.2, -0.15) is 0 Å². The molecule has 3 N–H and O–H groups in total. The molecule has 0 aliphatic heterocycles. The summed E-state index contributed by atoms with van der Waals surface area (Å²) in [6.45, 7) is -0.152. The first kappa shape index (κ1) is 9.80. The van der Waals surface area contributed by atoms with E-state index in [0.717, 1.165) is 0 Å². The third-order valence-electron chi connectivity index (χ3n) is 1.79. The summed E-state index contributed by atoms with van der Waals surface area (Å²) in [4.78, 5) is 0. The van der Waals surface area contributed by atoms with Gasteiger partial charge in [-0.25, -0.2) is 4.39 Å². The monoisotopic (exact) mass is 185 g/mol. The zero-order chi connectivity index (χ0) is 9.84. The Hall–Kier alpha value is -1.29. The van der Waals surface area contributed by atoms with Gasteiger partial charge in [0.05, 0.1) is 7.11 Å². The van der Waals surface area contributed by atoms with Gasteiger partial charge in [0, 0.05) is 12.1 Å². The van der Waals surface area contributed by atoms with Crippen LogP contribution < -0.4 is 10.5 Å². The van der Waals surface area contributed by atoms with Gasteiger partial charge in [-0.3, -0.25) is 0 Å². The molecule has 0 radical (unpaired) electrons. The molecule has 0 aliphatic carbocycles. The number of halogens is 1. The molecule has 0 saturated carbocycles. The molecule has 0 bridgehead atoms. The SMILES string of the molecule is COc1cccc(C(F)CN)c1O. The smallest absolute Gasteiger partial charge is 0.163 e. The molecule has 4 heteroatoms. The first-order chi connectivity index (χ1) is 6.20. The van der Waals surface area contributed by atoms with Crippen LogP contribution in [0.2, 0.25) is 0 Å². The predicted molar refractivity (Wildman–Crippen MR) is 47.6 cm³/mol. The van der Waals surface area contributed by atoms with Crippen LogP contribution in [0, 0.1) is 0 Å². The van der Waals surface area contributed by atoms with Gasteiger partial charge in [-0.05, 0) is 6.07 Å². The van der Waals surface area contributed by atoms with Crippen molar-refractivity contribution in [2.75, 3.05) is 13.7 Å². The average molecular weight is 185 g/mol. The van der Waals surface area contributed by atoms with Crippen molar-refractivity contribution in [2.24, 2.45) is 5.73 Å². The van der Waals surface area contributed by atoms with E-state index in [-0.39, 0.29) is 23.6 Å². The zero-order valence-corrected chi connectivity index (χ0v) is 7.33. The molecule has 1 aromatic rings.